The Labute approximate surface area is 240 Å². The third-order valence-electron chi connectivity index (χ3n) is 9.14. The van der Waals surface area contributed by atoms with Crippen LogP contribution < -0.4 is 4.57 Å². The average molecular weight is 531 g/mol. The molecule has 3 aromatic carbocycles. The predicted molar refractivity (Wildman–Crippen MR) is 169 cm³/mol. The molecular weight excluding hydrogens is 486 g/mol. The van der Waals surface area contributed by atoms with Crippen LogP contribution in [0.15, 0.2) is 65.2 Å². The summed E-state index contributed by atoms with van der Waals surface area (Å²) in [5, 5.41) is 2.42. The van der Waals surface area contributed by atoms with Crippen molar-refractivity contribution in [3.63, 3.8) is 0 Å². The van der Waals surface area contributed by atoms with Gasteiger partial charge in [0, 0.05) is 27.8 Å². The minimum atomic E-state index is 0.00966. The van der Waals surface area contributed by atoms with E-state index in [4.69, 9.17) is 4.42 Å². The molecule has 2 heteroatoms. The Kier molecular flexibility index (Phi) is 6.44. The fourth-order valence-corrected chi connectivity index (χ4v) is 7.79. The topological polar surface area (TPSA) is 17.0 Å². The van der Waals surface area contributed by atoms with Gasteiger partial charge in [-0.3, -0.25) is 0 Å². The van der Waals surface area contributed by atoms with E-state index in [1.165, 1.54) is 61.0 Å². The van der Waals surface area contributed by atoms with E-state index in [2.05, 4.69) is 128 Å². The van der Waals surface area contributed by atoms with E-state index >= 15 is 0 Å². The normalized spacial score (nSPS) is 14.2. The van der Waals surface area contributed by atoms with Gasteiger partial charge in [0.05, 0.1) is 5.56 Å². The van der Waals surface area contributed by atoms with Crippen molar-refractivity contribution in [3.8, 4) is 22.4 Å². The molecule has 6 rings (SSSR count). The lowest BCUT2D eigenvalue weighted by Gasteiger charge is -2.35. The molecule has 0 N–H and O–H groups in total. The van der Waals surface area contributed by atoms with Crippen molar-refractivity contribution in [2.45, 2.75) is 79.6 Å². The van der Waals surface area contributed by atoms with Crippen LogP contribution in [0.25, 0.3) is 44.3 Å². The number of nitrogens with zero attached hydrogens (tertiary/aromatic N) is 1. The van der Waals surface area contributed by atoms with Crippen molar-refractivity contribution in [3.05, 3.63) is 88.6 Å². The van der Waals surface area contributed by atoms with Crippen molar-refractivity contribution in [2.75, 3.05) is 0 Å². The second-order valence-corrected chi connectivity index (χ2v) is 13.5. The van der Waals surface area contributed by atoms with Gasteiger partial charge in [-0.25, -0.2) is 4.57 Å². The number of benzene rings is 3. The van der Waals surface area contributed by atoms with Crippen LogP contribution in [0.4, 0.5) is 0 Å². The first-order valence-electron chi connectivity index (χ1n) is 15.1. The molecule has 2 heterocycles. The number of aryl methyl sites for hydroxylation is 3. The van der Waals surface area contributed by atoms with Crippen molar-refractivity contribution in [1.29, 1.82) is 0 Å². The molecule has 0 fully saturated rings. The molecule has 40 heavy (non-hydrogen) atoms. The van der Waals surface area contributed by atoms with Crippen LogP contribution in [-0.4, -0.2) is 0 Å². The summed E-state index contributed by atoms with van der Waals surface area (Å²) in [6, 6.07) is 20.9. The van der Waals surface area contributed by atoms with E-state index in [9.17, 15) is 0 Å². The molecule has 2 aromatic heterocycles. The Morgan fingerprint density at radius 3 is 2.12 bits per heavy atom. The van der Waals surface area contributed by atoms with Crippen molar-refractivity contribution < 1.29 is 8.98 Å². The molecule has 0 saturated carbocycles. The average Bonchev–Trinajstić information content (AvgIpc) is 3.36. The molecule has 2 nitrogen and oxygen atoms in total. The van der Waals surface area contributed by atoms with Gasteiger partial charge in [0.25, 0.3) is 0 Å². The Hall–Kier alpha value is -3.39. The van der Waals surface area contributed by atoms with E-state index < -0.39 is 0 Å². The van der Waals surface area contributed by atoms with E-state index in [1.807, 2.05) is 0 Å². The van der Waals surface area contributed by atoms with Gasteiger partial charge in [-0.15, -0.1) is 0 Å². The van der Waals surface area contributed by atoms with Crippen LogP contribution in [0.5, 0.6) is 0 Å². The summed E-state index contributed by atoms with van der Waals surface area (Å²) in [7, 11) is 2.16. The first-order valence-corrected chi connectivity index (χ1v) is 15.1. The number of fused-ring (bicyclic) bond motifs is 6. The summed E-state index contributed by atoms with van der Waals surface area (Å²) in [4.78, 5) is 0. The third kappa shape index (κ3) is 4.02. The first-order chi connectivity index (χ1) is 19.0. The highest BCUT2D eigenvalue weighted by atomic mass is 16.3. The van der Waals surface area contributed by atoms with Crippen molar-refractivity contribution >= 4 is 21.9 Å². The van der Waals surface area contributed by atoms with Crippen LogP contribution in [0, 0.1) is 25.7 Å². The number of hydrogen-bond acceptors (Lipinski definition) is 1. The van der Waals surface area contributed by atoms with Gasteiger partial charge in [-0.2, -0.15) is 0 Å². The highest BCUT2D eigenvalue weighted by molar-refractivity contribution is 6.11. The first kappa shape index (κ1) is 26.8. The third-order valence-corrected chi connectivity index (χ3v) is 9.14. The maximum Gasteiger partial charge on any atom is 0.216 e. The quantitative estimate of drug-likeness (QED) is 0.200. The fraction of sp³-hybridized carbons (Fsp3) is 0.395. The van der Waals surface area contributed by atoms with Crippen LogP contribution in [0.2, 0.25) is 0 Å². The molecule has 0 aliphatic heterocycles. The molecular formula is C38H44NO+. The Balaban J connectivity index is 1.66. The molecule has 0 bridgehead atoms. The second-order valence-electron chi connectivity index (χ2n) is 13.5. The van der Waals surface area contributed by atoms with E-state index in [-0.39, 0.29) is 5.41 Å². The second kappa shape index (κ2) is 9.61. The summed E-state index contributed by atoms with van der Waals surface area (Å²) >= 11 is 0. The molecule has 1 aliphatic carbocycles. The Bertz CT molecular complexity index is 1750. The molecule has 1 aliphatic rings. The van der Waals surface area contributed by atoms with Gasteiger partial charge in [-0.1, -0.05) is 77.9 Å². The van der Waals surface area contributed by atoms with Gasteiger partial charge >= 0.3 is 0 Å². The van der Waals surface area contributed by atoms with Gasteiger partial charge < -0.3 is 4.42 Å². The monoisotopic (exact) mass is 530 g/mol. The number of pyridine rings is 1. The summed E-state index contributed by atoms with van der Waals surface area (Å²) in [6.45, 7) is 18.4. The van der Waals surface area contributed by atoms with Crippen molar-refractivity contribution in [2.24, 2.45) is 18.9 Å². The van der Waals surface area contributed by atoms with Gasteiger partial charge in [0.1, 0.15) is 18.2 Å². The Morgan fingerprint density at radius 2 is 1.45 bits per heavy atom. The molecule has 206 valence electrons. The van der Waals surface area contributed by atoms with Crippen LogP contribution in [0.1, 0.15) is 88.1 Å². The van der Waals surface area contributed by atoms with Crippen LogP contribution in [0.3, 0.4) is 0 Å². The minimum absolute atomic E-state index is 0.00966. The van der Waals surface area contributed by atoms with Crippen LogP contribution >= 0.6 is 0 Å². The molecule has 0 unspecified atom stereocenters. The summed E-state index contributed by atoms with van der Waals surface area (Å²) in [5.74, 6) is 1.65. The largest absolute Gasteiger partial charge is 0.455 e. The summed E-state index contributed by atoms with van der Waals surface area (Å²) < 4.78 is 9.19. The highest BCUT2D eigenvalue weighted by Crippen LogP contribution is 2.56. The van der Waals surface area contributed by atoms with Gasteiger partial charge in [0.2, 0.25) is 5.69 Å². The lowest BCUT2D eigenvalue weighted by molar-refractivity contribution is -0.660. The molecule has 0 spiro atoms. The number of rotatable bonds is 6. The SMILES string of the molecule is Cc1c[n+](C)c(-c2c(C)ccc3c2oc2cc4c(cc23)-c2ccccc2C4(CC(C)C)CC(C)C)cc1C(C)C. The highest BCUT2D eigenvalue weighted by Gasteiger charge is 2.44. The predicted octanol–water partition coefficient (Wildman–Crippen LogP) is 10.2. The van der Waals surface area contributed by atoms with Gasteiger partial charge in [-0.05, 0) is 90.0 Å². The zero-order valence-corrected chi connectivity index (χ0v) is 25.8. The van der Waals surface area contributed by atoms with E-state index in [0.29, 0.717) is 17.8 Å². The minimum Gasteiger partial charge on any atom is -0.455 e. The van der Waals surface area contributed by atoms with E-state index in [1.54, 1.807) is 0 Å². The summed E-state index contributed by atoms with van der Waals surface area (Å²) in [5.41, 5.74) is 14.1. The molecule has 5 aromatic rings. The summed E-state index contributed by atoms with van der Waals surface area (Å²) in [6.07, 6.45) is 4.55. The zero-order chi connectivity index (χ0) is 28.5. The standard InChI is InChI=1S/C38H44NO/c1-22(2)19-38(20-23(3)4)32-13-11-10-12-27(32)30-16-31-28-15-14-25(7)36(37(28)40-35(31)18-33(30)38)34-17-29(24(5)6)26(8)21-39(34)9/h10-18,21-24H,19-20H2,1-9H3/q+1. The lowest BCUT2D eigenvalue weighted by Crippen LogP contribution is -2.32. The molecule has 0 amide bonds. The Morgan fingerprint density at radius 1 is 0.750 bits per heavy atom. The number of furan rings is 1. The number of hydrogen-bond donors (Lipinski definition) is 0. The van der Waals surface area contributed by atoms with Gasteiger partial charge in [0.15, 0.2) is 6.20 Å². The number of aromatic nitrogens is 1. The lowest BCUT2D eigenvalue weighted by atomic mass is 9.68. The fourth-order valence-electron chi connectivity index (χ4n) is 7.79. The maximum atomic E-state index is 6.92. The van der Waals surface area contributed by atoms with Crippen LogP contribution in [-0.2, 0) is 12.5 Å². The molecule has 0 atom stereocenters. The van der Waals surface area contributed by atoms with E-state index in [0.717, 1.165) is 24.0 Å². The smallest absolute Gasteiger partial charge is 0.216 e. The van der Waals surface area contributed by atoms with Crippen molar-refractivity contribution in [1.82, 2.24) is 0 Å². The molecule has 0 radical (unpaired) electrons. The maximum absolute atomic E-state index is 6.92. The zero-order valence-electron chi connectivity index (χ0n) is 25.8. The molecule has 0 saturated heterocycles.